The molecular formula is C69H115N11O14. The Bertz CT molecular complexity index is 2770. The molecule has 1 aliphatic heterocycles. The molecule has 1 aromatic carbocycles. The topological polar surface area (TPSA) is 305 Å². The Morgan fingerprint density at radius 3 is 1.44 bits per heavy atom. The molecule has 0 aliphatic carbocycles. The van der Waals surface area contributed by atoms with E-state index in [4.69, 9.17) is 4.74 Å². The van der Waals surface area contributed by atoms with E-state index in [0.717, 1.165) is 9.80 Å². The number of likely N-dealkylation sites (N-methyl/N-ethyl adjacent to an activating group) is 7. The highest BCUT2D eigenvalue weighted by Crippen LogP contribution is 2.26. The van der Waals surface area contributed by atoms with Crippen LogP contribution < -0.4 is 21.3 Å². The van der Waals surface area contributed by atoms with Crippen LogP contribution >= 0.6 is 0 Å². The Hall–Kier alpha value is -7.44. The van der Waals surface area contributed by atoms with Crippen molar-refractivity contribution in [1.82, 2.24) is 55.6 Å². The lowest BCUT2D eigenvalue weighted by atomic mass is 9.91. The van der Waals surface area contributed by atoms with Crippen molar-refractivity contribution >= 4 is 70.9 Å². The molecule has 0 saturated carbocycles. The molecule has 0 spiro atoms. The first-order valence-electron chi connectivity index (χ1n) is 33.3. The van der Waals surface area contributed by atoms with E-state index in [-0.39, 0.29) is 68.8 Å². The fourth-order valence-electron chi connectivity index (χ4n) is 11.5. The van der Waals surface area contributed by atoms with Crippen molar-refractivity contribution in [1.29, 1.82) is 0 Å². The van der Waals surface area contributed by atoms with Gasteiger partial charge in [0.2, 0.25) is 65.0 Å². The lowest BCUT2D eigenvalue weighted by molar-refractivity contribution is -0.157. The predicted octanol–water partition coefficient (Wildman–Crippen LogP) is 4.11. The number of rotatable bonds is 18. The van der Waals surface area contributed by atoms with Crippen LogP contribution in [0.25, 0.3) is 0 Å². The summed E-state index contributed by atoms with van der Waals surface area (Å²) in [4.78, 5) is 182. The molecule has 25 nitrogen and oxygen atoms in total. The number of hydrogen-bond donors (Lipinski definition) is 5. The maximum absolute atomic E-state index is 15.3. The second-order valence-corrected chi connectivity index (χ2v) is 28.0. The highest BCUT2D eigenvalue weighted by Gasteiger charge is 2.46. The number of ether oxygens (including phenoxy) is 1. The number of aliphatic hydroxyl groups excluding tert-OH is 1. The minimum absolute atomic E-state index is 0.0269. The SMILES string of the molecule is CC[C@@H]1NC(=O)[C@H]([C@H](O)[C@H](C)C/C=C/COC(=O)c2ccccc2)N(C)C(=O)[C@H](C(C)C)N(C)C(=O)[C@H](CC(C)C)N(C)C(=O)[C@H](CC(C)C)N(C)C(=O)[C@@H](C)NC(=O)[C@H](C)NC(=O)[C@H](CC(C)C)N(C)C(=O)[C@H](C(C)C)NC(=O)[C@H](CC(C)C)N(C)C(=O)CN(C)C1=O. The van der Waals surface area contributed by atoms with Crippen molar-refractivity contribution in [2.24, 2.45) is 41.4 Å². The van der Waals surface area contributed by atoms with Crippen LogP contribution in [0.15, 0.2) is 42.5 Å². The molecule has 1 heterocycles. The Morgan fingerprint density at radius 2 is 0.947 bits per heavy atom. The van der Waals surface area contributed by atoms with Gasteiger partial charge >= 0.3 is 5.97 Å². The molecule has 11 amide bonds. The number of allylic oxidation sites excluding steroid dienone is 1. The van der Waals surface area contributed by atoms with Gasteiger partial charge in [-0.15, -0.1) is 0 Å². The van der Waals surface area contributed by atoms with E-state index >= 15 is 19.2 Å². The molecule has 0 unspecified atom stereocenters. The minimum Gasteiger partial charge on any atom is -0.458 e. The van der Waals surface area contributed by atoms with Crippen molar-refractivity contribution < 1.29 is 67.4 Å². The van der Waals surface area contributed by atoms with Crippen molar-refractivity contribution in [2.75, 3.05) is 62.5 Å². The number of carbonyl (C=O) groups excluding carboxylic acids is 12. The fourth-order valence-corrected chi connectivity index (χ4v) is 11.5. The molecule has 5 N–H and O–H groups in total. The number of esters is 1. The van der Waals surface area contributed by atoms with E-state index in [0.29, 0.717) is 5.56 Å². The van der Waals surface area contributed by atoms with Gasteiger partial charge in [-0.05, 0) is 106 Å². The minimum atomic E-state index is -1.72. The first-order chi connectivity index (χ1) is 43.6. The Kier molecular flexibility index (Phi) is 33.6. The average molecular weight is 1320 g/mol. The Labute approximate surface area is 559 Å². The summed E-state index contributed by atoms with van der Waals surface area (Å²) in [6, 6.07) is -4.37. The van der Waals surface area contributed by atoms with Crippen LogP contribution in [0.3, 0.4) is 0 Å². The van der Waals surface area contributed by atoms with Crippen molar-refractivity contribution in [3.63, 3.8) is 0 Å². The molecule has 1 aromatic rings. The Morgan fingerprint density at radius 1 is 0.500 bits per heavy atom. The summed E-state index contributed by atoms with van der Waals surface area (Å²) in [5.74, 6) is -11.0. The second-order valence-electron chi connectivity index (χ2n) is 28.0. The van der Waals surface area contributed by atoms with Crippen molar-refractivity contribution in [2.45, 2.75) is 216 Å². The van der Waals surface area contributed by atoms with E-state index in [1.807, 2.05) is 55.4 Å². The molecule has 12 atom stereocenters. The van der Waals surface area contributed by atoms with Gasteiger partial charge in [0.1, 0.15) is 67.0 Å². The summed E-state index contributed by atoms with van der Waals surface area (Å²) in [7, 11) is 9.78. The summed E-state index contributed by atoms with van der Waals surface area (Å²) in [5, 5.41) is 23.3. The second kappa shape index (κ2) is 38.2. The number of carbonyl (C=O) groups is 12. The molecule has 94 heavy (non-hydrogen) atoms. The van der Waals surface area contributed by atoms with Crippen LogP contribution in [0.1, 0.15) is 160 Å². The van der Waals surface area contributed by atoms with Gasteiger partial charge in [-0.3, -0.25) is 52.7 Å². The average Bonchev–Trinajstić information content (AvgIpc) is 0.864. The number of nitrogens with zero attached hydrogens (tertiary/aromatic N) is 7. The van der Waals surface area contributed by atoms with Gasteiger partial charge in [0.05, 0.1) is 18.2 Å². The first-order valence-corrected chi connectivity index (χ1v) is 33.3. The lowest BCUT2D eigenvalue weighted by Gasteiger charge is -2.41. The molecule has 1 saturated heterocycles. The molecule has 1 aliphatic rings. The number of amides is 11. The number of benzene rings is 1. The van der Waals surface area contributed by atoms with E-state index < -0.39 is 162 Å². The molecule has 1 fully saturated rings. The molecular weight excluding hydrogens is 1210 g/mol. The third-order valence-electron chi connectivity index (χ3n) is 17.3. The van der Waals surface area contributed by atoms with E-state index in [2.05, 4.69) is 21.3 Å². The third kappa shape index (κ3) is 23.5. The fraction of sp³-hybridized carbons (Fsp3) is 0.710. The van der Waals surface area contributed by atoms with Gasteiger partial charge in [-0.25, -0.2) is 4.79 Å². The first kappa shape index (κ1) is 82.7. The monoisotopic (exact) mass is 1320 g/mol. The van der Waals surface area contributed by atoms with Gasteiger partial charge in [0.25, 0.3) is 0 Å². The predicted molar refractivity (Wildman–Crippen MR) is 359 cm³/mol. The molecule has 530 valence electrons. The quantitative estimate of drug-likeness (QED) is 0.102. The van der Waals surface area contributed by atoms with Gasteiger partial charge in [-0.1, -0.05) is 127 Å². The Balaban J connectivity index is 2.96. The number of hydrogen-bond acceptors (Lipinski definition) is 14. The van der Waals surface area contributed by atoms with Gasteiger partial charge in [-0.2, -0.15) is 0 Å². The zero-order valence-electron chi connectivity index (χ0n) is 60.5. The summed E-state index contributed by atoms with van der Waals surface area (Å²) < 4.78 is 5.39. The van der Waals surface area contributed by atoms with Crippen LogP contribution in [-0.4, -0.2) is 239 Å². The van der Waals surface area contributed by atoms with Crippen LogP contribution in [0, 0.1) is 41.4 Å². The summed E-state index contributed by atoms with van der Waals surface area (Å²) in [5.41, 5.74) is 0.350. The summed E-state index contributed by atoms with van der Waals surface area (Å²) in [6.07, 6.45) is 2.19. The van der Waals surface area contributed by atoms with E-state index in [1.165, 1.54) is 87.7 Å². The molecule has 0 radical (unpaired) electrons. The van der Waals surface area contributed by atoms with Crippen LogP contribution in [0.2, 0.25) is 0 Å². The van der Waals surface area contributed by atoms with Crippen LogP contribution in [0.4, 0.5) is 0 Å². The smallest absolute Gasteiger partial charge is 0.338 e. The van der Waals surface area contributed by atoms with Gasteiger partial charge < -0.3 is 65.4 Å². The zero-order chi connectivity index (χ0) is 72.1. The largest absolute Gasteiger partial charge is 0.458 e. The third-order valence-corrected chi connectivity index (χ3v) is 17.3. The summed E-state index contributed by atoms with van der Waals surface area (Å²) >= 11 is 0. The van der Waals surface area contributed by atoms with E-state index in [9.17, 15) is 43.5 Å². The summed E-state index contributed by atoms with van der Waals surface area (Å²) in [6.45, 7) is 27.1. The highest BCUT2D eigenvalue weighted by atomic mass is 16.5. The van der Waals surface area contributed by atoms with Crippen LogP contribution in [0.5, 0.6) is 0 Å². The normalized spacial score (nSPS) is 25.3. The molecule has 25 heteroatoms. The van der Waals surface area contributed by atoms with Crippen molar-refractivity contribution in [3.8, 4) is 0 Å². The maximum atomic E-state index is 15.3. The highest BCUT2D eigenvalue weighted by molar-refractivity contribution is 5.99. The maximum Gasteiger partial charge on any atom is 0.338 e. The molecule has 0 aromatic heterocycles. The lowest BCUT2D eigenvalue weighted by Crippen LogP contribution is -2.63. The van der Waals surface area contributed by atoms with Crippen molar-refractivity contribution in [3.05, 3.63) is 48.0 Å². The standard InChI is InChI=1S/C69H115N11O14/c1-24-49-64(88)74(17)38-54(81)75(18)50(34-39(2)3)61(85)73-55(43(10)11)67(91)76(19)51(35-40(4)5)60(84)70-46(15)59(83)71-47(16)63(87)77(20)52(36-41(6)7)65(89)78(21)53(37-42(8)9)66(90)79(22)56(44(12)13)68(92)80(23)57(62(86)72-49)58(82)45(14)30-28-29-33-94-69(93)48-31-26-25-27-32-48/h25-29,31-32,39-47,49-53,55-58,82H,24,30,33-38H2,1-23H3,(H,70,84)(H,71,83)(H,72,86)(H,73,85)/b29-28+/t45-,46+,47-,49+,50+,51+,52+,53+,55+,56+,57+,58-/m1/s1. The zero-order valence-corrected chi connectivity index (χ0v) is 60.5. The van der Waals surface area contributed by atoms with E-state index in [1.54, 1.807) is 84.0 Å². The van der Waals surface area contributed by atoms with Gasteiger partial charge in [0.15, 0.2) is 0 Å². The molecule has 0 bridgehead atoms. The van der Waals surface area contributed by atoms with Gasteiger partial charge in [0, 0.05) is 49.3 Å². The number of aliphatic hydroxyl groups is 1. The number of nitrogens with one attached hydrogen (secondary N) is 4. The molecule has 2 rings (SSSR count). The van der Waals surface area contributed by atoms with Crippen LogP contribution in [-0.2, 0) is 57.5 Å².